The first kappa shape index (κ1) is 14.2. The van der Waals surface area contributed by atoms with E-state index in [1.807, 2.05) is 13.8 Å². The maximum absolute atomic E-state index is 11.9. The summed E-state index contributed by atoms with van der Waals surface area (Å²) in [6.07, 6.45) is 0.666. The molecular formula is C14H17NO5. The zero-order chi connectivity index (χ0) is 14.5. The van der Waals surface area contributed by atoms with Crippen molar-refractivity contribution < 1.29 is 23.8 Å². The number of ether oxygens (including phenoxy) is 3. The van der Waals surface area contributed by atoms with Crippen LogP contribution in [0.25, 0.3) is 0 Å². The molecule has 0 saturated heterocycles. The fraction of sp³-hybridized carbons (Fsp3) is 0.429. The van der Waals surface area contributed by atoms with Crippen molar-refractivity contribution in [3.8, 4) is 17.2 Å². The molecule has 0 aliphatic carbocycles. The van der Waals surface area contributed by atoms with Crippen LogP contribution in [0.1, 0.15) is 24.2 Å². The van der Waals surface area contributed by atoms with E-state index in [4.69, 9.17) is 14.2 Å². The third-order valence-corrected chi connectivity index (χ3v) is 3.10. The van der Waals surface area contributed by atoms with E-state index in [9.17, 15) is 9.59 Å². The Morgan fingerprint density at radius 3 is 2.55 bits per heavy atom. The van der Waals surface area contributed by atoms with Gasteiger partial charge in [-0.25, -0.2) is 0 Å². The predicted octanol–water partition coefficient (Wildman–Crippen LogP) is 1.47. The normalized spacial score (nSPS) is 12.1. The molecule has 0 radical (unpaired) electrons. The van der Waals surface area contributed by atoms with Crippen LogP contribution in [0.4, 0.5) is 0 Å². The van der Waals surface area contributed by atoms with E-state index >= 15 is 0 Å². The molecule has 0 N–H and O–H groups in total. The van der Waals surface area contributed by atoms with Gasteiger partial charge < -0.3 is 19.1 Å². The van der Waals surface area contributed by atoms with Crippen LogP contribution in [0.2, 0.25) is 0 Å². The van der Waals surface area contributed by atoms with E-state index in [2.05, 4.69) is 0 Å². The first-order valence-corrected chi connectivity index (χ1v) is 6.49. The number of hydrogen-bond donors (Lipinski definition) is 0. The van der Waals surface area contributed by atoms with E-state index in [1.54, 1.807) is 17.0 Å². The second-order valence-corrected chi connectivity index (χ2v) is 4.22. The number of carbonyl (C=O) groups excluding carboxylic acids is 2. The molecule has 1 aliphatic heterocycles. The number of rotatable bonds is 6. The molecule has 6 nitrogen and oxygen atoms in total. The number of nitrogens with zero attached hydrogens (tertiary/aromatic N) is 1. The van der Waals surface area contributed by atoms with Crippen molar-refractivity contribution >= 4 is 12.2 Å². The average molecular weight is 279 g/mol. The molecule has 1 aliphatic rings. The Hall–Kier alpha value is -2.24. The maximum atomic E-state index is 11.9. The average Bonchev–Trinajstić information content (AvgIpc) is 2.92. The second-order valence-electron chi connectivity index (χ2n) is 4.22. The Morgan fingerprint density at radius 2 is 1.95 bits per heavy atom. The van der Waals surface area contributed by atoms with E-state index in [1.165, 1.54) is 0 Å². The van der Waals surface area contributed by atoms with Crippen LogP contribution in [0.15, 0.2) is 12.1 Å². The molecule has 0 unspecified atom stereocenters. The summed E-state index contributed by atoms with van der Waals surface area (Å²) < 4.78 is 15.8. The highest BCUT2D eigenvalue weighted by Gasteiger charge is 2.19. The van der Waals surface area contributed by atoms with Crippen molar-refractivity contribution in [3.05, 3.63) is 17.7 Å². The zero-order valence-corrected chi connectivity index (χ0v) is 11.5. The van der Waals surface area contributed by atoms with Gasteiger partial charge in [0.25, 0.3) is 5.91 Å². The lowest BCUT2D eigenvalue weighted by molar-refractivity contribution is -0.132. The minimum Gasteiger partial charge on any atom is -0.483 e. The molecule has 0 bridgehead atoms. The molecule has 1 heterocycles. The van der Waals surface area contributed by atoms with E-state index in [0.29, 0.717) is 42.2 Å². The lowest BCUT2D eigenvalue weighted by Crippen LogP contribution is -2.34. The van der Waals surface area contributed by atoms with Gasteiger partial charge >= 0.3 is 0 Å². The smallest absolute Gasteiger partial charge is 0.260 e. The van der Waals surface area contributed by atoms with Crippen LogP contribution in [0, 0.1) is 0 Å². The summed E-state index contributed by atoms with van der Waals surface area (Å²) in [5, 5.41) is 0. The minimum absolute atomic E-state index is 0.109. The summed E-state index contributed by atoms with van der Waals surface area (Å²) in [7, 11) is 0. The van der Waals surface area contributed by atoms with Crippen LogP contribution in [0.5, 0.6) is 17.2 Å². The fourth-order valence-electron chi connectivity index (χ4n) is 1.96. The van der Waals surface area contributed by atoms with Crippen molar-refractivity contribution in [2.45, 2.75) is 13.8 Å². The lowest BCUT2D eigenvalue weighted by Gasteiger charge is -2.19. The number of fused-ring (bicyclic) bond motifs is 1. The van der Waals surface area contributed by atoms with Crippen LogP contribution in [-0.4, -0.2) is 43.6 Å². The van der Waals surface area contributed by atoms with Gasteiger partial charge in [-0.05, 0) is 19.9 Å². The predicted molar refractivity (Wildman–Crippen MR) is 71.4 cm³/mol. The first-order chi connectivity index (χ1) is 9.69. The van der Waals surface area contributed by atoms with Crippen molar-refractivity contribution in [3.63, 3.8) is 0 Å². The Kier molecular flexibility index (Phi) is 4.45. The highest BCUT2D eigenvalue weighted by atomic mass is 16.7. The molecule has 20 heavy (non-hydrogen) atoms. The fourth-order valence-corrected chi connectivity index (χ4v) is 1.96. The van der Waals surface area contributed by atoms with Gasteiger partial charge in [-0.2, -0.15) is 0 Å². The molecule has 0 fully saturated rings. The summed E-state index contributed by atoms with van der Waals surface area (Å²) in [5.41, 5.74) is 0.335. The topological polar surface area (TPSA) is 65.1 Å². The number of hydrogen-bond acceptors (Lipinski definition) is 5. The Balaban J connectivity index is 2.09. The number of benzene rings is 1. The third-order valence-electron chi connectivity index (χ3n) is 3.10. The molecule has 0 spiro atoms. The number of likely N-dealkylation sites (N-methyl/N-ethyl adjacent to an activating group) is 1. The molecule has 108 valence electrons. The van der Waals surface area contributed by atoms with Gasteiger partial charge in [-0.3, -0.25) is 9.59 Å². The molecule has 0 atom stereocenters. The summed E-state index contributed by atoms with van der Waals surface area (Å²) >= 11 is 0. The van der Waals surface area contributed by atoms with Gasteiger partial charge in [-0.1, -0.05) is 0 Å². The van der Waals surface area contributed by atoms with E-state index < -0.39 is 0 Å². The molecular weight excluding hydrogens is 262 g/mol. The van der Waals surface area contributed by atoms with Crippen LogP contribution >= 0.6 is 0 Å². The van der Waals surface area contributed by atoms with Crippen molar-refractivity contribution in [2.75, 3.05) is 26.5 Å². The molecule has 6 heteroatoms. The number of carbonyl (C=O) groups is 2. The van der Waals surface area contributed by atoms with Gasteiger partial charge in [0.2, 0.25) is 6.79 Å². The quantitative estimate of drug-likeness (QED) is 0.738. The Bertz CT molecular complexity index is 511. The monoisotopic (exact) mass is 279 g/mol. The maximum Gasteiger partial charge on any atom is 0.260 e. The summed E-state index contributed by atoms with van der Waals surface area (Å²) in [6, 6.07) is 3.12. The second kappa shape index (κ2) is 6.27. The first-order valence-electron chi connectivity index (χ1n) is 6.49. The van der Waals surface area contributed by atoms with Crippen LogP contribution in [-0.2, 0) is 4.79 Å². The highest BCUT2D eigenvalue weighted by Crippen LogP contribution is 2.37. The third kappa shape index (κ3) is 2.84. The highest BCUT2D eigenvalue weighted by molar-refractivity contribution is 5.82. The van der Waals surface area contributed by atoms with E-state index in [0.717, 1.165) is 0 Å². The molecule has 1 amide bonds. The van der Waals surface area contributed by atoms with Gasteiger partial charge in [0.15, 0.2) is 24.4 Å². The van der Waals surface area contributed by atoms with Gasteiger partial charge in [-0.15, -0.1) is 0 Å². The number of amides is 1. The summed E-state index contributed by atoms with van der Waals surface area (Å²) in [5.74, 6) is 1.23. The minimum atomic E-state index is -0.121. The lowest BCUT2D eigenvalue weighted by atomic mass is 10.2. The summed E-state index contributed by atoms with van der Waals surface area (Å²) in [6.45, 7) is 5.07. The van der Waals surface area contributed by atoms with Gasteiger partial charge in [0.1, 0.15) is 5.75 Å². The van der Waals surface area contributed by atoms with Gasteiger partial charge in [0, 0.05) is 19.2 Å². The van der Waals surface area contributed by atoms with Crippen molar-refractivity contribution in [1.82, 2.24) is 4.90 Å². The molecule has 0 saturated carbocycles. The zero-order valence-electron chi connectivity index (χ0n) is 11.5. The molecule has 1 aromatic rings. The largest absolute Gasteiger partial charge is 0.483 e. The van der Waals surface area contributed by atoms with Crippen LogP contribution < -0.4 is 14.2 Å². The van der Waals surface area contributed by atoms with Crippen LogP contribution in [0.3, 0.4) is 0 Å². The molecule has 1 aromatic carbocycles. The SMILES string of the molecule is CCN(CC)C(=O)COc1cc2c(cc1C=O)OCO2. The van der Waals surface area contributed by atoms with Gasteiger partial charge in [0.05, 0.1) is 5.56 Å². The Morgan fingerprint density at radius 1 is 1.30 bits per heavy atom. The van der Waals surface area contributed by atoms with Crippen molar-refractivity contribution in [1.29, 1.82) is 0 Å². The standard InChI is InChI=1S/C14H17NO5/c1-3-15(4-2)14(17)8-18-11-6-13-12(19-9-20-13)5-10(11)7-16/h5-7H,3-4,8-9H2,1-2H3. The van der Waals surface area contributed by atoms with E-state index in [-0.39, 0.29) is 19.3 Å². The Labute approximate surface area is 117 Å². The molecule has 0 aromatic heterocycles. The molecule has 2 rings (SSSR count). The summed E-state index contributed by atoms with van der Waals surface area (Å²) in [4.78, 5) is 24.6. The van der Waals surface area contributed by atoms with Crippen molar-refractivity contribution in [2.24, 2.45) is 0 Å². The number of aldehydes is 1.